The van der Waals surface area contributed by atoms with E-state index in [0.717, 1.165) is 44.1 Å². The number of nitrogens with one attached hydrogen (secondary N) is 2. The number of aromatic amines is 2. The van der Waals surface area contributed by atoms with E-state index in [1.54, 1.807) is 19.3 Å². The number of anilines is 1. The van der Waals surface area contributed by atoms with Gasteiger partial charge in [-0.1, -0.05) is 0 Å². The van der Waals surface area contributed by atoms with Gasteiger partial charge in [0.25, 0.3) is 0 Å². The van der Waals surface area contributed by atoms with Gasteiger partial charge in [0.2, 0.25) is 0 Å². The summed E-state index contributed by atoms with van der Waals surface area (Å²) in [6.45, 7) is 1.56. The first-order valence-electron chi connectivity index (χ1n) is 10.9. The van der Waals surface area contributed by atoms with Crippen LogP contribution in [0.25, 0.3) is 55.4 Å². The van der Waals surface area contributed by atoms with Crippen LogP contribution in [0.2, 0.25) is 0 Å². The third kappa shape index (κ3) is 3.64. The molecule has 0 aliphatic heterocycles. The van der Waals surface area contributed by atoms with Gasteiger partial charge in [0.15, 0.2) is 17.3 Å². The van der Waals surface area contributed by atoms with Gasteiger partial charge in [-0.05, 0) is 43.3 Å². The van der Waals surface area contributed by atoms with Gasteiger partial charge in [0, 0.05) is 32.1 Å². The van der Waals surface area contributed by atoms with Crippen molar-refractivity contribution in [3.63, 3.8) is 0 Å². The van der Waals surface area contributed by atoms with Crippen molar-refractivity contribution >= 4 is 44.9 Å². The van der Waals surface area contributed by atoms with E-state index in [-0.39, 0.29) is 5.78 Å². The molecule has 0 fully saturated rings. The maximum atomic E-state index is 11.8. The largest absolute Gasteiger partial charge is 0.376 e. The van der Waals surface area contributed by atoms with Gasteiger partial charge in [0.1, 0.15) is 16.7 Å². The third-order valence-electron chi connectivity index (χ3n) is 5.76. The number of thiophene rings is 1. The van der Waals surface area contributed by atoms with Crippen LogP contribution in [-0.2, 0) is 0 Å². The van der Waals surface area contributed by atoms with Crippen LogP contribution in [0.3, 0.4) is 0 Å². The topological polar surface area (TPSA) is 116 Å². The van der Waals surface area contributed by atoms with Gasteiger partial charge in [-0.3, -0.25) is 19.9 Å². The summed E-state index contributed by atoms with van der Waals surface area (Å²) in [4.78, 5) is 37.3. The highest BCUT2D eigenvalue weighted by Crippen LogP contribution is 2.34. The zero-order valence-corrected chi connectivity index (χ0v) is 20.0. The van der Waals surface area contributed by atoms with E-state index in [1.165, 1.54) is 11.3 Å². The van der Waals surface area contributed by atoms with Gasteiger partial charge in [-0.15, -0.1) is 11.3 Å². The molecule has 0 aromatic carbocycles. The number of aromatic nitrogens is 7. The first-order valence-corrected chi connectivity index (χ1v) is 11.7. The molecule has 10 heteroatoms. The Kier molecular flexibility index (Phi) is 4.89. The number of nitrogens with zero attached hydrogens (tertiary/aromatic N) is 6. The van der Waals surface area contributed by atoms with Crippen molar-refractivity contribution in [2.45, 2.75) is 6.92 Å². The fourth-order valence-corrected chi connectivity index (χ4v) is 4.82. The molecule has 35 heavy (non-hydrogen) atoms. The van der Waals surface area contributed by atoms with E-state index < -0.39 is 0 Å². The lowest BCUT2D eigenvalue weighted by Gasteiger charge is -2.12. The summed E-state index contributed by atoms with van der Waals surface area (Å²) in [6, 6.07) is 11.6. The fraction of sp³-hybridized carbons (Fsp3) is 0.120. The van der Waals surface area contributed by atoms with Crippen molar-refractivity contribution in [3.05, 3.63) is 59.9 Å². The molecule has 0 aliphatic carbocycles. The van der Waals surface area contributed by atoms with E-state index in [2.05, 4.69) is 31.2 Å². The van der Waals surface area contributed by atoms with Crippen LogP contribution in [0.4, 0.5) is 5.69 Å². The summed E-state index contributed by atoms with van der Waals surface area (Å²) in [5, 5.41) is 7.56. The smallest absolute Gasteiger partial charge is 0.169 e. The number of carbonyl (C=O) groups is 1. The molecule has 0 radical (unpaired) electrons. The summed E-state index contributed by atoms with van der Waals surface area (Å²) < 4.78 is 0. The van der Waals surface area contributed by atoms with Crippen LogP contribution in [0.1, 0.15) is 16.6 Å². The summed E-state index contributed by atoms with van der Waals surface area (Å²) in [5.74, 6) is 0.626. The highest BCUT2D eigenvalue weighted by molar-refractivity contribution is 7.17. The van der Waals surface area contributed by atoms with Crippen LogP contribution < -0.4 is 4.90 Å². The van der Waals surface area contributed by atoms with Crippen LogP contribution in [0, 0.1) is 0 Å². The van der Waals surface area contributed by atoms with Crippen molar-refractivity contribution in [3.8, 4) is 33.3 Å². The maximum absolute atomic E-state index is 11.8. The Bertz CT molecular complexity index is 1730. The average molecular weight is 481 g/mol. The summed E-state index contributed by atoms with van der Waals surface area (Å²) in [5.41, 5.74) is 7.12. The number of hydrogen-bond acceptors (Lipinski definition) is 8. The highest BCUT2D eigenvalue weighted by atomic mass is 32.1. The number of rotatable bonds is 5. The fourth-order valence-electron chi connectivity index (χ4n) is 3.92. The predicted molar refractivity (Wildman–Crippen MR) is 138 cm³/mol. The monoisotopic (exact) mass is 480 g/mol. The Labute approximate surface area is 203 Å². The minimum absolute atomic E-state index is 0.0346. The van der Waals surface area contributed by atoms with E-state index in [0.29, 0.717) is 21.9 Å². The molecule has 0 saturated heterocycles. The molecule has 6 heterocycles. The number of fused-ring (bicyclic) bond motifs is 2. The minimum Gasteiger partial charge on any atom is -0.376 e. The molecule has 0 amide bonds. The number of ketones is 1. The predicted octanol–water partition coefficient (Wildman–Crippen LogP) is 4.96. The van der Waals surface area contributed by atoms with E-state index in [9.17, 15) is 4.79 Å². The molecule has 9 nitrogen and oxygen atoms in total. The second-order valence-corrected chi connectivity index (χ2v) is 9.44. The second kappa shape index (κ2) is 8.10. The van der Waals surface area contributed by atoms with Crippen LogP contribution in [0.5, 0.6) is 0 Å². The van der Waals surface area contributed by atoms with Gasteiger partial charge in [-0.25, -0.2) is 9.97 Å². The van der Waals surface area contributed by atoms with Gasteiger partial charge in [-0.2, -0.15) is 5.10 Å². The summed E-state index contributed by atoms with van der Waals surface area (Å²) in [7, 11) is 3.96. The number of Topliss-reactive ketones (excluding diaryl/α,β-unsaturated/α-hetero) is 1. The highest BCUT2D eigenvalue weighted by Gasteiger charge is 2.18. The van der Waals surface area contributed by atoms with Crippen LogP contribution in [0.15, 0.2) is 55.0 Å². The number of imidazole rings is 1. The van der Waals surface area contributed by atoms with Gasteiger partial charge >= 0.3 is 0 Å². The Balaban J connectivity index is 1.46. The number of H-pyrrole nitrogens is 2. The second-order valence-electron chi connectivity index (χ2n) is 8.35. The molecule has 0 saturated carbocycles. The average Bonchev–Trinajstić information content (AvgIpc) is 3.61. The van der Waals surface area contributed by atoms with Gasteiger partial charge in [0.05, 0.1) is 38.4 Å². The first-order chi connectivity index (χ1) is 17.0. The lowest BCUT2D eigenvalue weighted by atomic mass is 10.1. The van der Waals surface area contributed by atoms with Crippen molar-refractivity contribution in [2.75, 3.05) is 19.0 Å². The van der Waals surface area contributed by atoms with Crippen LogP contribution in [-0.4, -0.2) is 55.0 Å². The summed E-state index contributed by atoms with van der Waals surface area (Å²) >= 11 is 1.41. The molecule has 0 unspecified atom stereocenters. The molecular weight excluding hydrogens is 460 g/mol. The zero-order valence-electron chi connectivity index (χ0n) is 19.2. The molecule has 2 N–H and O–H groups in total. The molecular formula is C25H20N8OS. The minimum atomic E-state index is 0.0346. The standard InChI is InChI=1S/C25H20N8OS/c1-13(34)19-6-7-20(35-19)23-21-17(8-9-27-23)29-25(30-21)24-22-18(31-32-24)5-4-16(28-22)14-10-15(33(2)3)12-26-11-14/h4-12H,1-3H3,(H,29,30)(H,31,32). The normalized spacial score (nSPS) is 11.4. The first kappa shape index (κ1) is 21.1. The molecule has 6 aromatic heterocycles. The van der Waals surface area contributed by atoms with Crippen molar-refractivity contribution in [1.29, 1.82) is 0 Å². The van der Waals surface area contributed by atoms with Crippen molar-refractivity contribution < 1.29 is 4.79 Å². The Morgan fingerprint density at radius 3 is 2.63 bits per heavy atom. The molecule has 6 aromatic rings. The number of hydrogen-bond donors (Lipinski definition) is 2. The molecule has 0 aliphatic rings. The quantitative estimate of drug-likeness (QED) is 0.335. The number of pyridine rings is 3. The summed E-state index contributed by atoms with van der Waals surface area (Å²) in [6.07, 6.45) is 5.35. The Hall–Kier alpha value is -4.44. The molecule has 6 rings (SSSR count). The Morgan fingerprint density at radius 2 is 1.83 bits per heavy atom. The SMILES string of the molecule is CC(=O)c1ccc(-c2nccc3[nH]c(-c4n[nH]c5ccc(-c6cncc(N(C)C)c6)nc45)nc23)s1. The lowest BCUT2D eigenvalue weighted by molar-refractivity contribution is 0.102. The van der Waals surface area contributed by atoms with Crippen LogP contribution >= 0.6 is 11.3 Å². The van der Waals surface area contributed by atoms with E-state index in [1.807, 2.05) is 55.5 Å². The Morgan fingerprint density at radius 1 is 0.971 bits per heavy atom. The van der Waals surface area contributed by atoms with E-state index >= 15 is 0 Å². The number of carbonyl (C=O) groups excluding carboxylic acids is 1. The molecule has 0 bridgehead atoms. The van der Waals surface area contributed by atoms with E-state index in [4.69, 9.17) is 9.97 Å². The molecule has 0 spiro atoms. The van der Waals surface area contributed by atoms with Crippen molar-refractivity contribution in [1.82, 2.24) is 35.1 Å². The lowest BCUT2D eigenvalue weighted by Crippen LogP contribution is -2.08. The third-order valence-corrected chi connectivity index (χ3v) is 6.95. The van der Waals surface area contributed by atoms with Gasteiger partial charge < -0.3 is 9.88 Å². The maximum Gasteiger partial charge on any atom is 0.169 e. The van der Waals surface area contributed by atoms with Crippen molar-refractivity contribution in [2.24, 2.45) is 0 Å². The molecule has 0 atom stereocenters. The molecule has 172 valence electrons. The zero-order chi connectivity index (χ0) is 24.1.